The standard InChI is InChI=1S/C6H7Br2NS/c1-2-3-4-5(7)10-6(8)9-4/h2-3H2,1H3. The lowest BCUT2D eigenvalue weighted by atomic mass is 10.3. The predicted octanol–water partition coefficient (Wildman–Crippen LogP) is 3.62. The fourth-order valence-corrected chi connectivity index (χ4v) is 3.36. The summed E-state index contributed by atoms with van der Waals surface area (Å²) in [6, 6.07) is 0. The number of hydrogen-bond donors (Lipinski definition) is 0. The van der Waals surface area contributed by atoms with E-state index in [1.54, 1.807) is 11.3 Å². The summed E-state index contributed by atoms with van der Waals surface area (Å²) in [6.07, 6.45) is 2.21. The minimum atomic E-state index is 0.961. The minimum Gasteiger partial charge on any atom is -0.233 e. The van der Waals surface area contributed by atoms with E-state index in [0.717, 1.165) is 20.5 Å². The third kappa shape index (κ3) is 2.04. The summed E-state index contributed by atoms with van der Waals surface area (Å²) in [5.41, 5.74) is 1.17. The molecule has 56 valence electrons. The van der Waals surface area contributed by atoms with E-state index in [0.29, 0.717) is 0 Å². The highest BCUT2D eigenvalue weighted by molar-refractivity contribution is 9.12. The fourth-order valence-electron chi connectivity index (χ4n) is 0.697. The summed E-state index contributed by atoms with van der Waals surface area (Å²) in [6.45, 7) is 2.15. The molecule has 0 saturated heterocycles. The van der Waals surface area contributed by atoms with Crippen molar-refractivity contribution in [1.82, 2.24) is 4.98 Å². The van der Waals surface area contributed by atoms with E-state index >= 15 is 0 Å². The molecule has 1 aromatic rings. The summed E-state index contributed by atoms with van der Waals surface area (Å²) in [4.78, 5) is 4.29. The van der Waals surface area contributed by atoms with Crippen molar-refractivity contribution in [2.24, 2.45) is 0 Å². The van der Waals surface area contributed by atoms with Gasteiger partial charge in [-0.05, 0) is 38.3 Å². The summed E-state index contributed by atoms with van der Waals surface area (Å²) >= 11 is 8.41. The van der Waals surface area contributed by atoms with Crippen molar-refractivity contribution in [2.45, 2.75) is 19.8 Å². The molecule has 0 bridgehead atoms. The molecule has 10 heavy (non-hydrogen) atoms. The van der Waals surface area contributed by atoms with Crippen LogP contribution >= 0.6 is 43.2 Å². The monoisotopic (exact) mass is 283 g/mol. The zero-order valence-electron chi connectivity index (χ0n) is 5.53. The fraction of sp³-hybridized carbons (Fsp3) is 0.500. The van der Waals surface area contributed by atoms with Crippen molar-refractivity contribution in [3.05, 3.63) is 13.4 Å². The van der Waals surface area contributed by atoms with Gasteiger partial charge >= 0.3 is 0 Å². The lowest BCUT2D eigenvalue weighted by Crippen LogP contribution is -1.82. The van der Waals surface area contributed by atoms with Crippen LogP contribution < -0.4 is 0 Å². The molecule has 0 unspecified atom stereocenters. The number of thiazole rings is 1. The van der Waals surface area contributed by atoms with E-state index in [9.17, 15) is 0 Å². The van der Waals surface area contributed by atoms with Crippen LogP contribution in [0.5, 0.6) is 0 Å². The Balaban J connectivity index is 2.81. The third-order valence-corrected chi connectivity index (χ3v) is 3.39. The molecule has 0 aliphatic rings. The Morgan fingerprint density at radius 2 is 2.20 bits per heavy atom. The molecule has 0 saturated carbocycles. The van der Waals surface area contributed by atoms with Crippen LogP contribution in [0.4, 0.5) is 0 Å². The van der Waals surface area contributed by atoms with Gasteiger partial charge in [-0.1, -0.05) is 24.7 Å². The highest BCUT2D eigenvalue weighted by atomic mass is 79.9. The average Bonchev–Trinajstić information content (AvgIpc) is 2.13. The van der Waals surface area contributed by atoms with Crippen LogP contribution in [0.2, 0.25) is 0 Å². The molecule has 0 aromatic carbocycles. The van der Waals surface area contributed by atoms with Crippen molar-refractivity contribution >= 4 is 43.2 Å². The first-order valence-electron chi connectivity index (χ1n) is 3.04. The largest absolute Gasteiger partial charge is 0.233 e. The van der Waals surface area contributed by atoms with Crippen molar-refractivity contribution in [2.75, 3.05) is 0 Å². The quantitative estimate of drug-likeness (QED) is 0.808. The lowest BCUT2D eigenvalue weighted by molar-refractivity contribution is 0.886. The van der Waals surface area contributed by atoms with Gasteiger partial charge in [-0.25, -0.2) is 4.98 Å². The Labute approximate surface area is 81.1 Å². The van der Waals surface area contributed by atoms with Crippen molar-refractivity contribution in [1.29, 1.82) is 0 Å². The molecule has 0 amide bonds. The molecular weight excluding hydrogens is 278 g/mol. The van der Waals surface area contributed by atoms with Gasteiger partial charge in [-0.3, -0.25) is 0 Å². The van der Waals surface area contributed by atoms with Crippen LogP contribution in [0.3, 0.4) is 0 Å². The van der Waals surface area contributed by atoms with Crippen molar-refractivity contribution < 1.29 is 0 Å². The number of rotatable bonds is 2. The highest BCUT2D eigenvalue weighted by Gasteiger charge is 2.04. The van der Waals surface area contributed by atoms with Crippen LogP contribution in [0, 0.1) is 0 Å². The van der Waals surface area contributed by atoms with Gasteiger partial charge in [0.25, 0.3) is 0 Å². The maximum absolute atomic E-state index is 4.29. The molecule has 4 heteroatoms. The molecule has 0 atom stereocenters. The smallest absolute Gasteiger partial charge is 0.160 e. The van der Waals surface area contributed by atoms with E-state index < -0.39 is 0 Å². The highest BCUT2D eigenvalue weighted by Crippen LogP contribution is 2.28. The molecule has 0 N–H and O–H groups in total. The van der Waals surface area contributed by atoms with E-state index in [4.69, 9.17) is 0 Å². The Kier molecular flexibility index (Phi) is 3.33. The van der Waals surface area contributed by atoms with E-state index in [-0.39, 0.29) is 0 Å². The Morgan fingerprint density at radius 3 is 2.60 bits per heavy atom. The molecule has 1 nitrogen and oxygen atoms in total. The zero-order valence-corrected chi connectivity index (χ0v) is 9.51. The molecule has 0 radical (unpaired) electrons. The van der Waals surface area contributed by atoms with Crippen molar-refractivity contribution in [3.63, 3.8) is 0 Å². The number of nitrogens with zero attached hydrogens (tertiary/aromatic N) is 1. The summed E-state index contributed by atoms with van der Waals surface area (Å²) in [7, 11) is 0. The molecule has 1 aromatic heterocycles. The molecular formula is C6H7Br2NS. The van der Waals surface area contributed by atoms with Crippen LogP contribution in [-0.2, 0) is 6.42 Å². The first-order valence-corrected chi connectivity index (χ1v) is 5.45. The molecule has 0 aliphatic heterocycles. The maximum Gasteiger partial charge on any atom is 0.160 e. The Bertz CT molecular complexity index is 222. The van der Waals surface area contributed by atoms with Gasteiger partial charge in [0.2, 0.25) is 0 Å². The number of halogens is 2. The first-order chi connectivity index (χ1) is 4.74. The van der Waals surface area contributed by atoms with E-state index in [2.05, 4.69) is 43.8 Å². The lowest BCUT2D eigenvalue weighted by Gasteiger charge is -1.89. The Morgan fingerprint density at radius 1 is 1.50 bits per heavy atom. The van der Waals surface area contributed by atoms with Gasteiger partial charge in [-0.15, -0.1) is 0 Å². The van der Waals surface area contributed by atoms with Gasteiger partial charge in [0.1, 0.15) is 0 Å². The zero-order chi connectivity index (χ0) is 7.56. The van der Waals surface area contributed by atoms with Crippen LogP contribution in [0.25, 0.3) is 0 Å². The van der Waals surface area contributed by atoms with Gasteiger partial charge in [0.05, 0.1) is 9.48 Å². The van der Waals surface area contributed by atoms with Gasteiger partial charge in [0.15, 0.2) is 3.92 Å². The van der Waals surface area contributed by atoms with Gasteiger partial charge < -0.3 is 0 Å². The van der Waals surface area contributed by atoms with Gasteiger partial charge in [-0.2, -0.15) is 0 Å². The topological polar surface area (TPSA) is 12.9 Å². The van der Waals surface area contributed by atoms with Crippen LogP contribution in [-0.4, -0.2) is 4.98 Å². The molecule has 1 rings (SSSR count). The SMILES string of the molecule is CCCc1nc(Br)sc1Br. The summed E-state index contributed by atoms with van der Waals surface area (Å²) < 4.78 is 2.11. The average molecular weight is 285 g/mol. The van der Waals surface area contributed by atoms with Gasteiger partial charge in [0, 0.05) is 0 Å². The number of hydrogen-bond acceptors (Lipinski definition) is 2. The van der Waals surface area contributed by atoms with E-state index in [1.165, 1.54) is 5.69 Å². The predicted molar refractivity (Wildman–Crippen MR) is 51.5 cm³/mol. The summed E-state index contributed by atoms with van der Waals surface area (Å²) in [5.74, 6) is 0. The second-order valence-electron chi connectivity index (χ2n) is 1.94. The summed E-state index contributed by atoms with van der Waals surface area (Å²) in [5, 5.41) is 0. The molecule has 0 fully saturated rings. The first kappa shape index (κ1) is 8.68. The third-order valence-electron chi connectivity index (χ3n) is 1.11. The Hall–Kier alpha value is 0.590. The van der Waals surface area contributed by atoms with Crippen LogP contribution in [0.1, 0.15) is 19.0 Å². The van der Waals surface area contributed by atoms with Crippen LogP contribution in [0.15, 0.2) is 7.70 Å². The molecule has 0 aliphatic carbocycles. The number of aromatic nitrogens is 1. The second-order valence-corrected chi connectivity index (χ2v) is 5.53. The van der Waals surface area contributed by atoms with Crippen molar-refractivity contribution in [3.8, 4) is 0 Å². The van der Waals surface area contributed by atoms with E-state index in [1.807, 2.05) is 0 Å². The second kappa shape index (κ2) is 3.83. The molecule has 0 spiro atoms. The maximum atomic E-state index is 4.29. The molecule has 1 heterocycles. The minimum absolute atomic E-state index is 0.961. The number of aryl methyl sites for hydroxylation is 1. The normalized spacial score (nSPS) is 10.3.